The number of carbonyl (C=O) groups excluding carboxylic acids is 1. The van der Waals surface area contributed by atoms with Gasteiger partial charge in [-0.25, -0.2) is 9.97 Å². The molecule has 8 heteroatoms. The van der Waals surface area contributed by atoms with Crippen molar-refractivity contribution in [1.82, 2.24) is 24.8 Å². The van der Waals surface area contributed by atoms with Crippen molar-refractivity contribution in [2.45, 2.75) is 43.8 Å². The van der Waals surface area contributed by atoms with Crippen LogP contribution in [0.1, 0.15) is 37.7 Å². The second kappa shape index (κ2) is 13.2. The molecule has 1 fully saturated rings. The fourth-order valence-electron chi connectivity index (χ4n) is 3.44. The highest BCUT2D eigenvalue weighted by molar-refractivity contribution is 7.99. The lowest BCUT2D eigenvalue weighted by molar-refractivity contribution is -0.120. The van der Waals surface area contributed by atoms with Crippen LogP contribution in [0.5, 0.6) is 5.88 Å². The number of carbonyl (C=O) groups is 1. The van der Waals surface area contributed by atoms with Gasteiger partial charge in [0.05, 0.1) is 0 Å². The zero-order valence-electron chi connectivity index (χ0n) is 18.3. The van der Waals surface area contributed by atoms with E-state index in [4.69, 9.17) is 4.74 Å². The van der Waals surface area contributed by atoms with Crippen LogP contribution >= 0.6 is 11.8 Å². The molecule has 0 aromatic carbocycles. The minimum absolute atomic E-state index is 0.0677. The van der Waals surface area contributed by atoms with Crippen molar-refractivity contribution in [3.8, 4) is 5.88 Å². The minimum Gasteiger partial charge on any atom is -0.473 e. The Morgan fingerprint density at radius 1 is 1.23 bits per heavy atom. The largest absolute Gasteiger partial charge is 0.473 e. The number of piperidine rings is 1. The molecule has 0 aliphatic carbocycles. The third kappa shape index (κ3) is 8.75. The average molecular weight is 444 g/mol. The van der Waals surface area contributed by atoms with Gasteiger partial charge in [0.15, 0.2) is 5.16 Å². The number of nitrogens with zero attached hydrogens (tertiary/aromatic N) is 4. The van der Waals surface area contributed by atoms with Crippen LogP contribution in [0.25, 0.3) is 0 Å². The molecule has 7 nitrogen and oxygen atoms in total. The highest BCUT2D eigenvalue weighted by atomic mass is 32.2. The van der Waals surface area contributed by atoms with E-state index in [1.807, 2.05) is 42.2 Å². The first kappa shape index (κ1) is 23.3. The molecule has 1 N–H and O–H groups in total. The van der Waals surface area contributed by atoms with E-state index in [0.717, 1.165) is 23.9 Å². The summed E-state index contributed by atoms with van der Waals surface area (Å²) in [5, 5.41) is 3.89. The fourth-order valence-corrected chi connectivity index (χ4v) is 4.31. The first-order chi connectivity index (χ1) is 15.2. The Kier molecular flexibility index (Phi) is 9.92. The van der Waals surface area contributed by atoms with E-state index in [1.54, 1.807) is 18.0 Å². The van der Waals surface area contributed by atoms with E-state index in [2.05, 4.69) is 26.3 Å². The van der Waals surface area contributed by atoms with Crippen LogP contribution < -0.4 is 10.1 Å². The summed E-state index contributed by atoms with van der Waals surface area (Å²) < 4.78 is 7.71. The van der Waals surface area contributed by atoms with Gasteiger partial charge >= 0.3 is 0 Å². The molecule has 1 aliphatic rings. The van der Waals surface area contributed by atoms with Gasteiger partial charge in [-0.3, -0.25) is 9.69 Å². The van der Waals surface area contributed by atoms with Crippen LogP contribution in [0.4, 0.5) is 0 Å². The number of aryl methyl sites for hydroxylation is 1. The Hall–Kier alpha value is -2.32. The molecule has 2 aromatic heterocycles. The topological polar surface area (TPSA) is 72.3 Å². The number of imidazole rings is 1. The maximum Gasteiger partial charge on any atom is 0.220 e. The summed E-state index contributed by atoms with van der Waals surface area (Å²) in [4.78, 5) is 22.9. The maximum atomic E-state index is 11.9. The number of aromatic nitrogens is 3. The Balaban J connectivity index is 1.25. The quantitative estimate of drug-likeness (QED) is 0.308. The predicted molar refractivity (Wildman–Crippen MR) is 124 cm³/mol. The summed E-state index contributed by atoms with van der Waals surface area (Å²) in [6.45, 7) is 4.26. The molecule has 1 aliphatic heterocycles. The molecule has 168 valence electrons. The number of likely N-dealkylation sites (tertiary alicyclic amines) is 1. The number of nitrogens with one attached hydrogen (secondary N) is 1. The molecule has 0 radical (unpaired) electrons. The standard InChI is InChI=1S/C23H33N5O2S/c1-27-15-12-26-23(27)31-17-7-8-21(29)24-10-3-6-16-30-22-18-20(9-11-25-22)19-28-13-4-2-5-14-28/h3,6,9,11-12,15,18H,2,4-5,7-8,10,13-14,16-17,19H2,1H3,(H,24,29). The molecular weight excluding hydrogens is 410 g/mol. The lowest BCUT2D eigenvalue weighted by Gasteiger charge is -2.26. The Morgan fingerprint density at radius 3 is 2.90 bits per heavy atom. The highest BCUT2D eigenvalue weighted by Gasteiger charge is 2.10. The van der Waals surface area contributed by atoms with E-state index in [9.17, 15) is 4.79 Å². The summed E-state index contributed by atoms with van der Waals surface area (Å²) in [7, 11) is 1.97. The van der Waals surface area contributed by atoms with Crippen molar-refractivity contribution >= 4 is 17.7 Å². The lowest BCUT2D eigenvalue weighted by atomic mass is 10.1. The molecule has 0 bridgehead atoms. The van der Waals surface area contributed by atoms with E-state index in [1.165, 1.54) is 37.9 Å². The first-order valence-electron chi connectivity index (χ1n) is 11.0. The van der Waals surface area contributed by atoms with Gasteiger partial charge in [0.25, 0.3) is 0 Å². The fraction of sp³-hybridized carbons (Fsp3) is 0.522. The minimum atomic E-state index is 0.0677. The lowest BCUT2D eigenvalue weighted by Crippen LogP contribution is -2.29. The summed E-state index contributed by atoms with van der Waals surface area (Å²) in [5.74, 6) is 1.60. The van der Waals surface area contributed by atoms with E-state index < -0.39 is 0 Å². The van der Waals surface area contributed by atoms with Gasteiger partial charge in [-0.1, -0.05) is 24.3 Å². The van der Waals surface area contributed by atoms with Crippen LogP contribution in [0.2, 0.25) is 0 Å². The molecule has 3 rings (SSSR count). The molecule has 3 heterocycles. The third-order valence-electron chi connectivity index (χ3n) is 5.12. The Labute approximate surface area is 189 Å². The second-order valence-electron chi connectivity index (χ2n) is 7.70. The van der Waals surface area contributed by atoms with Crippen molar-refractivity contribution in [2.75, 3.05) is 32.0 Å². The smallest absolute Gasteiger partial charge is 0.220 e. The summed E-state index contributed by atoms with van der Waals surface area (Å²) >= 11 is 1.67. The number of amides is 1. The SMILES string of the molecule is Cn1ccnc1SCCCC(=O)NCC=CCOc1cc(CN2CCCCC2)ccn1. The molecule has 31 heavy (non-hydrogen) atoms. The number of ether oxygens (including phenoxy) is 1. The maximum absolute atomic E-state index is 11.9. The van der Waals surface area contributed by atoms with Crippen molar-refractivity contribution in [1.29, 1.82) is 0 Å². The zero-order valence-corrected chi connectivity index (χ0v) is 19.1. The van der Waals surface area contributed by atoms with Crippen molar-refractivity contribution in [3.63, 3.8) is 0 Å². The molecule has 1 saturated heterocycles. The van der Waals surface area contributed by atoms with E-state index >= 15 is 0 Å². The Morgan fingerprint density at radius 2 is 2.10 bits per heavy atom. The molecular formula is C23H33N5O2S. The highest BCUT2D eigenvalue weighted by Crippen LogP contribution is 2.16. The Bertz CT molecular complexity index is 833. The van der Waals surface area contributed by atoms with Gasteiger partial charge in [0, 0.05) is 57.0 Å². The first-order valence-corrected chi connectivity index (χ1v) is 12.0. The predicted octanol–water partition coefficient (Wildman–Crippen LogP) is 3.42. The van der Waals surface area contributed by atoms with Gasteiger partial charge in [-0.2, -0.15) is 0 Å². The van der Waals surface area contributed by atoms with Crippen molar-refractivity contribution < 1.29 is 9.53 Å². The average Bonchev–Trinajstić information content (AvgIpc) is 3.19. The van der Waals surface area contributed by atoms with Gasteiger partial charge in [-0.05, 0) is 50.1 Å². The third-order valence-corrected chi connectivity index (χ3v) is 6.27. The van der Waals surface area contributed by atoms with Crippen LogP contribution in [0.15, 0.2) is 48.0 Å². The number of thioether (sulfide) groups is 1. The van der Waals surface area contributed by atoms with Crippen molar-refractivity contribution in [3.05, 3.63) is 48.4 Å². The van der Waals surface area contributed by atoms with Crippen molar-refractivity contribution in [2.24, 2.45) is 7.05 Å². The van der Waals surface area contributed by atoms with Crippen LogP contribution in [-0.4, -0.2) is 57.3 Å². The van der Waals surface area contributed by atoms with E-state index in [-0.39, 0.29) is 5.91 Å². The van der Waals surface area contributed by atoms with Crippen LogP contribution in [-0.2, 0) is 18.4 Å². The molecule has 0 atom stereocenters. The van der Waals surface area contributed by atoms with Gasteiger partial charge < -0.3 is 14.6 Å². The summed E-state index contributed by atoms with van der Waals surface area (Å²) in [6, 6.07) is 4.08. The van der Waals surface area contributed by atoms with Gasteiger partial charge in [0.2, 0.25) is 11.8 Å². The number of hydrogen-bond acceptors (Lipinski definition) is 6. The number of hydrogen-bond donors (Lipinski definition) is 1. The molecule has 0 spiro atoms. The summed E-state index contributed by atoms with van der Waals surface area (Å²) in [6.07, 6.45) is 14.6. The zero-order chi connectivity index (χ0) is 21.7. The summed E-state index contributed by atoms with van der Waals surface area (Å²) in [5.41, 5.74) is 1.24. The molecule has 1 amide bonds. The van der Waals surface area contributed by atoms with Crippen LogP contribution in [0.3, 0.4) is 0 Å². The van der Waals surface area contributed by atoms with Crippen LogP contribution in [0, 0.1) is 0 Å². The molecule has 0 unspecified atom stereocenters. The van der Waals surface area contributed by atoms with Gasteiger partial charge in [0.1, 0.15) is 6.61 Å². The number of rotatable bonds is 12. The normalized spacial score (nSPS) is 14.7. The number of pyridine rings is 1. The molecule has 2 aromatic rings. The molecule has 0 saturated carbocycles. The second-order valence-corrected chi connectivity index (χ2v) is 8.76. The van der Waals surface area contributed by atoms with E-state index in [0.29, 0.717) is 25.5 Å². The monoisotopic (exact) mass is 443 g/mol. The van der Waals surface area contributed by atoms with Gasteiger partial charge in [-0.15, -0.1) is 0 Å².